The number of nitrogens with one attached hydrogen (secondary N) is 1. The van der Waals surface area contributed by atoms with Gasteiger partial charge in [-0.2, -0.15) is 0 Å². The lowest BCUT2D eigenvalue weighted by atomic mass is 9.92. The normalized spacial score (nSPS) is 21.0. The second-order valence-electron chi connectivity index (χ2n) is 4.49. The SMILES string of the molecule is Fc1ccc(Cl)cc1CCC1CCCNC1. The zero-order valence-electron chi connectivity index (χ0n) is 9.31. The molecule has 1 aliphatic heterocycles. The quantitative estimate of drug-likeness (QED) is 0.855. The number of halogens is 2. The summed E-state index contributed by atoms with van der Waals surface area (Å²) in [6, 6.07) is 4.80. The van der Waals surface area contributed by atoms with Gasteiger partial charge in [-0.15, -0.1) is 0 Å². The van der Waals surface area contributed by atoms with Crippen LogP contribution in [0.25, 0.3) is 0 Å². The first-order chi connectivity index (χ1) is 7.75. The lowest BCUT2D eigenvalue weighted by Gasteiger charge is -2.22. The van der Waals surface area contributed by atoms with Crippen LogP contribution in [0.2, 0.25) is 5.02 Å². The van der Waals surface area contributed by atoms with Crippen molar-refractivity contribution < 1.29 is 4.39 Å². The summed E-state index contributed by atoms with van der Waals surface area (Å²) in [6.45, 7) is 2.20. The lowest BCUT2D eigenvalue weighted by molar-refractivity contribution is 0.356. The Morgan fingerprint density at radius 1 is 1.44 bits per heavy atom. The second kappa shape index (κ2) is 5.65. The maximum Gasteiger partial charge on any atom is 0.126 e. The predicted octanol–water partition coefficient (Wildman–Crippen LogP) is 3.41. The van der Waals surface area contributed by atoms with Gasteiger partial charge in [-0.05, 0) is 68.5 Å². The topological polar surface area (TPSA) is 12.0 Å². The van der Waals surface area contributed by atoms with Gasteiger partial charge < -0.3 is 5.32 Å². The molecule has 0 amide bonds. The van der Waals surface area contributed by atoms with E-state index in [1.807, 2.05) is 0 Å². The molecule has 0 radical (unpaired) electrons. The average molecular weight is 242 g/mol. The highest BCUT2D eigenvalue weighted by atomic mass is 35.5. The third kappa shape index (κ3) is 3.19. The molecule has 1 saturated heterocycles. The molecule has 0 aliphatic carbocycles. The smallest absolute Gasteiger partial charge is 0.126 e. The van der Waals surface area contributed by atoms with E-state index in [2.05, 4.69) is 5.32 Å². The first-order valence-electron chi connectivity index (χ1n) is 5.90. The van der Waals surface area contributed by atoms with Crippen LogP contribution in [0.1, 0.15) is 24.8 Å². The van der Waals surface area contributed by atoms with Crippen molar-refractivity contribution in [3.8, 4) is 0 Å². The van der Waals surface area contributed by atoms with E-state index in [4.69, 9.17) is 11.6 Å². The molecule has 1 heterocycles. The molecule has 1 aliphatic rings. The maximum absolute atomic E-state index is 13.4. The highest BCUT2D eigenvalue weighted by molar-refractivity contribution is 6.30. The number of aryl methyl sites for hydroxylation is 1. The van der Waals surface area contributed by atoms with Crippen LogP contribution < -0.4 is 5.32 Å². The van der Waals surface area contributed by atoms with Crippen molar-refractivity contribution in [1.82, 2.24) is 5.32 Å². The Morgan fingerprint density at radius 2 is 2.31 bits per heavy atom. The molecular formula is C13H17ClFN. The van der Waals surface area contributed by atoms with Gasteiger partial charge in [0, 0.05) is 5.02 Å². The Hall–Kier alpha value is -0.600. The minimum atomic E-state index is -0.131. The van der Waals surface area contributed by atoms with Crippen molar-refractivity contribution in [1.29, 1.82) is 0 Å². The Bertz CT molecular complexity index is 348. The number of hydrogen-bond acceptors (Lipinski definition) is 1. The van der Waals surface area contributed by atoms with Crippen molar-refractivity contribution >= 4 is 11.6 Å². The van der Waals surface area contributed by atoms with Crippen molar-refractivity contribution in [2.45, 2.75) is 25.7 Å². The number of piperidine rings is 1. The molecular weight excluding hydrogens is 225 g/mol. The lowest BCUT2D eigenvalue weighted by Crippen LogP contribution is -2.29. The first kappa shape index (κ1) is 11.9. The Morgan fingerprint density at radius 3 is 3.06 bits per heavy atom. The summed E-state index contributed by atoms with van der Waals surface area (Å²) in [5.74, 6) is 0.556. The molecule has 16 heavy (non-hydrogen) atoms. The molecule has 1 N–H and O–H groups in total. The average Bonchev–Trinajstić information content (AvgIpc) is 2.32. The highest BCUT2D eigenvalue weighted by Gasteiger charge is 2.13. The minimum absolute atomic E-state index is 0.131. The van der Waals surface area contributed by atoms with Gasteiger partial charge in [0.2, 0.25) is 0 Å². The molecule has 88 valence electrons. The molecule has 1 nitrogen and oxygen atoms in total. The molecule has 3 heteroatoms. The van der Waals surface area contributed by atoms with Crippen LogP contribution in [0.15, 0.2) is 18.2 Å². The largest absolute Gasteiger partial charge is 0.316 e. The van der Waals surface area contributed by atoms with Crippen LogP contribution in [0.3, 0.4) is 0 Å². The summed E-state index contributed by atoms with van der Waals surface area (Å²) < 4.78 is 13.4. The van der Waals surface area contributed by atoms with Gasteiger partial charge >= 0.3 is 0 Å². The first-order valence-corrected chi connectivity index (χ1v) is 6.28. The highest BCUT2D eigenvalue weighted by Crippen LogP contribution is 2.20. The Labute approximate surface area is 101 Å². The summed E-state index contributed by atoms with van der Waals surface area (Å²) >= 11 is 5.86. The Kier molecular flexibility index (Phi) is 4.19. The van der Waals surface area contributed by atoms with Crippen molar-refractivity contribution in [2.75, 3.05) is 13.1 Å². The molecule has 1 unspecified atom stereocenters. The van der Waals surface area contributed by atoms with Crippen LogP contribution in [0.5, 0.6) is 0 Å². The molecule has 0 spiro atoms. The Balaban J connectivity index is 1.90. The fourth-order valence-electron chi connectivity index (χ4n) is 2.26. The summed E-state index contributed by atoms with van der Waals surface area (Å²) in [7, 11) is 0. The summed E-state index contributed by atoms with van der Waals surface area (Å²) in [5, 5.41) is 4.00. The van der Waals surface area contributed by atoms with Gasteiger partial charge in [-0.25, -0.2) is 4.39 Å². The molecule has 0 bridgehead atoms. The van der Waals surface area contributed by atoms with E-state index in [1.54, 1.807) is 12.1 Å². The standard InChI is InChI=1S/C13H17ClFN/c14-12-5-6-13(15)11(8-12)4-3-10-2-1-7-16-9-10/h5-6,8,10,16H,1-4,7,9H2. The molecule has 1 atom stereocenters. The van der Waals surface area contributed by atoms with Gasteiger partial charge in [-0.1, -0.05) is 11.6 Å². The fourth-order valence-corrected chi connectivity index (χ4v) is 2.46. The number of hydrogen-bond donors (Lipinski definition) is 1. The van der Waals surface area contributed by atoms with Crippen LogP contribution in [0, 0.1) is 11.7 Å². The van der Waals surface area contributed by atoms with Crippen LogP contribution in [-0.2, 0) is 6.42 Å². The summed E-state index contributed by atoms with van der Waals surface area (Å²) in [4.78, 5) is 0. The summed E-state index contributed by atoms with van der Waals surface area (Å²) in [6.07, 6.45) is 4.33. The molecule has 1 aromatic carbocycles. The van der Waals surface area contributed by atoms with Crippen LogP contribution >= 0.6 is 11.6 Å². The fraction of sp³-hybridized carbons (Fsp3) is 0.538. The van der Waals surface area contributed by atoms with Gasteiger partial charge in [0.15, 0.2) is 0 Å². The maximum atomic E-state index is 13.4. The van der Waals surface area contributed by atoms with Crippen LogP contribution in [0.4, 0.5) is 4.39 Å². The zero-order chi connectivity index (χ0) is 11.4. The van der Waals surface area contributed by atoms with Crippen LogP contribution in [-0.4, -0.2) is 13.1 Å². The van der Waals surface area contributed by atoms with Gasteiger partial charge in [0.25, 0.3) is 0 Å². The van der Waals surface area contributed by atoms with Crippen molar-refractivity contribution in [3.63, 3.8) is 0 Å². The predicted molar refractivity (Wildman–Crippen MR) is 65.3 cm³/mol. The van der Waals surface area contributed by atoms with E-state index in [1.165, 1.54) is 18.9 Å². The van der Waals surface area contributed by atoms with Gasteiger partial charge in [0.1, 0.15) is 5.82 Å². The van der Waals surface area contributed by atoms with Crippen molar-refractivity contribution in [2.24, 2.45) is 5.92 Å². The molecule has 0 saturated carbocycles. The van der Waals surface area contributed by atoms with E-state index in [0.29, 0.717) is 10.9 Å². The van der Waals surface area contributed by atoms with E-state index in [9.17, 15) is 4.39 Å². The third-order valence-electron chi connectivity index (χ3n) is 3.23. The zero-order valence-corrected chi connectivity index (χ0v) is 10.1. The van der Waals surface area contributed by atoms with Gasteiger partial charge in [0.05, 0.1) is 0 Å². The number of benzene rings is 1. The van der Waals surface area contributed by atoms with E-state index in [-0.39, 0.29) is 5.82 Å². The van der Waals surface area contributed by atoms with E-state index in [0.717, 1.165) is 31.5 Å². The minimum Gasteiger partial charge on any atom is -0.316 e. The molecule has 2 rings (SSSR count). The van der Waals surface area contributed by atoms with E-state index >= 15 is 0 Å². The summed E-state index contributed by atoms with van der Waals surface area (Å²) in [5.41, 5.74) is 0.748. The van der Waals surface area contributed by atoms with E-state index < -0.39 is 0 Å². The van der Waals surface area contributed by atoms with Crippen molar-refractivity contribution in [3.05, 3.63) is 34.6 Å². The molecule has 0 aromatic heterocycles. The monoisotopic (exact) mass is 241 g/mol. The van der Waals surface area contributed by atoms with Gasteiger partial charge in [-0.3, -0.25) is 0 Å². The number of rotatable bonds is 3. The molecule has 1 aromatic rings. The third-order valence-corrected chi connectivity index (χ3v) is 3.46. The second-order valence-corrected chi connectivity index (χ2v) is 4.92. The molecule has 1 fully saturated rings.